The summed E-state index contributed by atoms with van der Waals surface area (Å²) in [5.74, 6) is 0.833. The Morgan fingerprint density at radius 2 is 2.05 bits per heavy atom. The van der Waals surface area contributed by atoms with Crippen LogP contribution in [0, 0.1) is 0 Å². The van der Waals surface area contributed by atoms with Crippen molar-refractivity contribution in [1.82, 2.24) is 24.7 Å². The summed E-state index contributed by atoms with van der Waals surface area (Å²) >= 11 is 0. The van der Waals surface area contributed by atoms with Gasteiger partial charge in [-0.05, 0) is 19.1 Å². The van der Waals surface area contributed by atoms with Crippen LogP contribution in [0.3, 0.4) is 0 Å². The molecule has 2 aromatic rings. The standard InChI is InChI=1S/C14H18N6O2/c1-10-8-11(14(21)22-10)18-4-6-19(7-5-18)13-3-2-12-16-15-9-20(12)17-13/h2-3,9-11H,4-8H2,1H3/t10-,11-/m0/s1. The third-order valence-electron chi connectivity index (χ3n) is 4.37. The van der Waals surface area contributed by atoms with E-state index in [9.17, 15) is 4.79 Å². The molecule has 0 amide bonds. The number of piperazine rings is 1. The summed E-state index contributed by atoms with van der Waals surface area (Å²) in [6.45, 7) is 5.33. The average molecular weight is 302 g/mol. The Hall–Kier alpha value is -2.22. The van der Waals surface area contributed by atoms with Gasteiger partial charge >= 0.3 is 5.97 Å². The minimum atomic E-state index is -0.0787. The number of carbonyl (C=O) groups excluding carboxylic acids is 1. The first-order valence-electron chi connectivity index (χ1n) is 7.57. The Labute approximate surface area is 127 Å². The number of rotatable bonds is 2. The van der Waals surface area contributed by atoms with Gasteiger partial charge in [0.1, 0.15) is 24.3 Å². The fraction of sp³-hybridized carbons (Fsp3) is 0.571. The molecule has 116 valence electrons. The molecule has 2 saturated heterocycles. The molecule has 0 aliphatic carbocycles. The SMILES string of the molecule is C[C@H]1C[C@H](N2CCN(c3ccc4nncn4n3)CC2)C(=O)O1. The molecule has 0 unspecified atom stereocenters. The summed E-state index contributed by atoms with van der Waals surface area (Å²) in [5.41, 5.74) is 0.741. The van der Waals surface area contributed by atoms with Gasteiger partial charge in [-0.1, -0.05) is 0 Å². The molecule has 2 aliphatic rings. The summed E-state index contributed by atoms with van der Waals surface area (Å²) in [7, 11) is 0. The van der Waals surface area contributed by atoms with Crippen LogP contribution in [-0.2, 0) is 9.53 Å². The van der Waals surface area contributed by atoms with Crippen molar-refractivity contribution in [2.75, 3.05) is 31.1 Å². The fourth-order valence-corrected chi connectivity index (χ4v) is 3.18. The maximum atomic E-state index is 11.8. The smallest absolute Gasteiger partial charge is 0.323 e. The van der Waals surface area contributed by atoms with Gasteiger partial charge in [0.2, 0.25) is 0 Å². The predicted octanol–water partition coefficient (Wildman–Crippen LogP) is -0.0497. The second-order valence-electron chi connectivity index (χ2n) is 5.85. The number of anilines is 1. The molecule has 22 heavy (non-hydrogen) atoms. The molecule has 0 bridgehead atoms. The van der Waals surface area contributed by atoms with Crippen LogP contribution >= 0.6 is 0 Å². The van der Waals surface area contributed by atoms with Crippen LogP contribution in [-0.4, -0.2) is 69.0 Å². The summed E-state index contributed by atoms with van der Waals surface area (Å²) in [4.78, 5) is 16.3. The highest BCUT2D eigenvalue weighted by Crippen LogP contribution is 2.22. The molecule has 8 heteroatoms. The van der Waals surface area contributed by atoms with E-state index in [1.807, 2.05) is 19.1 Å². The largest absolute Gasteiger partial charge is 0.461 e. The summed E-state index contributed by atoms with van der Waals surface area (Å²) < 4.78 is 6.93. The zero-order chi connectivity index (χ0) is 15.1. The maximum Gasteiger partial charge on any atom is 0.323 e. The van der Waals surface area contributed by atoms with Crippen LogP contribution < -0.4 is 4.90 Å². The molecule has 0 N–H and O–H groups in total. The van der Waals surface area contributed by atoms with Crippen LogP contribution in [0.5, 0.6) is 0 Å². The van der Waals surface area contributed by atoms with Crippen molar-refractivity contribution in [2.24, 2.45) is 0 Å². The highest BCUT2D eigenvalue weighted by atomic mass is 16.6. The number of fused-ring (bicyclic) bond motifs is 1. The monoisotopic (exact) mass is 302 g/mol. The van der Waals surface area contributed by atoms with E-state index < -0.39 is 0 Å². The first-order valence-corrected chi connectivity index (χ1v) is 7.57. The third-order valence-corrected chi connectivity index (χ3v) is 4.37. The molecule has 0 radical (unpaired) electrons. The van der Waals surface area contributed by atoms with Crippen molar-refractivity contribution >= 4 is 17.4 Å². The zero-order valence-electron chi connectivity index (χ0n) is 12.4. The normalized spacial score (nSPS) is 26.6. The molecular formula is C14H18N6O2. The zero-order valence-corrected chi connectivity index (χ0v) is 12.4. The molecule has 2 atom stereocenters. The molecule has 4 rings (SSSR count). The molecule has 8 nitrogen and oxygen atoms in total. The van der Waals surface area contributed by atoms with Gasteiger partial charge in [0.05, 0.1) is 0 Å². The van der Waals surface area contributed by atoms with E-state index in [-0.39, 0.29) is 18.1 Å². The van der Waals surface area contributed by atoms with Gasteiger partial charge in [-0.25, -0.2) is 0 Å². The molecule has 0 spiro atoms. The van der Waals surface area contributed by atoms with Gasteiger partial charge < -0.3 is 9.64 Å². The molecule has 2 aliphatic heterocycles. The lowest BCUT2D eigenvalue weighted by Gasteiger charge is -2.37. The molecule has 2 fully saturated rings. The summed E-state index contributed by atoms with van der Waals surface area (Å²) in [6.07, 6.45) is 2.43. The number of ether oxygens (including phenoxy) is 1. The Kier molecular flexibility index (Phi) is 3.18. The van der Waals surface area contributed by atoms with Gasteiger partial charge in [0.15, 0.2) is 5.65 Å². The second-order valence-corrected chi connectivity index (χ2v) is 5.85. The van der Waals surface area contributed by atoms with E-state index in [1.54, 1.807) is 10.8 Å². The Morgan fingerprint density at radius 1 is 1.23 bits per heavy atom. The van der Waals surface area contributed by atoms with Gasteiger partial charge in [0, 0.05) is 32.6 Å². The van der Waals surface area contributed by atoms with Gasteiger partial charge in [-0.15, -0.1) is 15.3 Å². The molecule has 0 aromatic carbocycles. The van der Waals surface area contributed by atoms with Crippen molar-refractivity contribution in [3.63, 3.8) is 0 Å². The van der Waals surface area contributed by atoms with Crippen LogP contribution in [0.15, 0.2) is 18.5 Å². The highest BCUT2D eigenvalue weighted by Gasteiger charge is 2.37. The average Bonchev–Trinajstić information content (AvgIpc) is 3.12. The Morgan fingerprint density at radius 3 is 2.77 bits per heavy atom. The number of nitrogens with zero attached hydrogens (tertiary/aromatic N) is 6. The van der Waals surface area contributed by atoms with Crippen molar-refractivity contribution in [1.29, 1.82) is 0 Å². The highest BCUT2D eigenvalue weighted by molar-refractivity contribution is 5.78. The molecule has 4 heterocycles. The fourth-order valence-electron chi connectivity index (χ4n) is 3.18. The number of aromatic nitrogens is 4. The summed E-state index contributed by atoms with van der Waals surface area (Å²) in [6, 6.07) is 3.80. The first-order chi connectivity index (χ1) is 10.7. The van der Waals surface area contributed by atoms with Gasteiger partial charge in [0.25, 0.3) is 0 Å². The van der Waals surface area contributed by atoms with E-state index >= 15 is 0 Å². The number of hydrogen-bond donors (Lipinski definition) is 0. The predicted molar refractivity (Wildman–Crippen MR) is 78.5 cm³/mol. The van der Waals surface area contributed by atoms with Gasteiger partial charge in [-0.2, -0.15) is 4.52 Å². The summed E-state index contributed by atoms with van der Waals surface area (Å²) in [5, 5.41) is 12.3. The maximum absolute atomic E-state index is 11.8. The van der Waals surface area contributed by atoms with Crippen LogP contribution in [0.2, 0.25) is 0 Å². The number of cyclic esters (lactones) is 1. The lowest BCUT2D eigenvalue weighted by molar-refractivity contribution is -0.144. The van der Waals surface area contributed by atoms with Crippen LogP contribution in [0.25, 0.3) is 5.65 Å². The van der Waals surface area contributed by atoms with Crippen molar-refractivity contribution < 1.29 is 9.53 Å². The van der Waals surface area contributed by atoms with Crippen molar-refractivity contribution in [3.05, 3.63) is 18.5 Å². The minimum Gasteiger partial charge on any atom is -0.461 e. The molecular weight excluding hydrogens is 284 g/mol. The Balaban J connectivity index is 1.44. The molecule has 0 saturated carbocycles. The van der Waals surface area contributed by atoms with E-state index in [0.29, 0.717) is 0 Å². The second kappa shape index (κ2) is 5.20. The Bertz CT molecular complexity index is 693. The number of carbonyl (C=O) groups is 1. The topological polar surface area (TPSA) is 75.9 Å². The van der Waals surface area contributed by atoms with E-state index in [1.165, 1.54) is 0 Å². The molecule has 2 aromatic heterocycles. The lowest BCUT2D eigenvalue weighted by Crippen LogP contribution is -2.52. The number of esters is 1. The van der Waals surface area contributed by atoms with Gasteiger partial charge in [-0.3, -0.25) is 9.69 Å². The third kappa shape index (κ3) is 2.29. The minimum absolute atomic E-state index is 0.0355. The van der Waals surface area contributed by atoms with Crippen molar-refractivity contribution in [2.45, 2.75) is 25.5 Å². The van der Waals surface area contributed by atoms with E-state index in [4.69, 9.17) is 4.74 Å². The van der Waals surface area contributed by atoms with Crippen molar-refractivity contribution in [3.8, 4) is 0 Å². The quantitative estimate of drug-likeness (QED) is 0.720. The van der Waals surface area contributed by atoms with E-state index in [0.717, 1.165) is 44.1 Å². The van der Waals surface area contributed by atoms with Crippen LogP contribution in [0.4, 0.5) is 5.82 Å². The van der Waals surface area contributed by atoms with E-state index in [2.05, 4.69) is 25.1 Å². The number of hydrogen-bond acceptors (Lipinski definition) is 7. The lowest BCUT2D eigenvalue weighted by atomic mass is 10.1. The first kappa shape index (κ1) is 13.4. The van der Waals surface area contributed by atoms with Crippen LogP contribution in [0.1, 0.15) is 13.3 Å².